The molecule has 3 aromatic carbocycles. The van der Waals surface area contributed by atoms with Crippen LogP contribution in [0.1, 0.15) is 16.7 Å². The van der Waals surface area contributed by atoms with Crippen LogP contribution in [-0.2, 0) is 11.4 Å². The number of para-hydroxylation sites is 1. The van der Waals surface area contributed by atoms with Gasteiger partial charge in [-0.1, -0.05) is 42.0 Å². The standard InChI is InChI=1S/C25H20FIN2O3/c1-16-7-9-17(10-8-16)15-32-24-21(27)12-18(13-23(24)31-2)11-19(14-28)25(30)29-22-6-4-3-5-20(22)26/h3-13H,15H2,1-2H3,(H,29,30)/b19-11-. The molecule has 1 amide bonds. The van der Waals surface area contributed by atoms with Gasteiger partial charge in [-0.25, -0.2) is 4.39 Å². The number of nitriles is 1. The summed E-state index contributed by atoms with van der Waals surface area (Å²) in [6, 6.07) is 19.1. The van der Waals surface area contributed by atoms with Crippen molar-refractivity contribution in [2.24, 2.45) is 0 Å². The van der Waals surface area contributed by atoms with Crippen molar-refractivity contribution in [3.63, 3.8) is 0 Å². The average Bonchev–Trinajstić information content (AvgIpc) is 2.79. The van der Waals surface area contributed by atoms with Crippen LogP contribution in [0.4, 0.5) is 10.1 Å². The summed E-state index contributed by atoms with van der Waals surface area (Å²) in [6.07, 6.45) is 1.42. The molecule has 0 aliphatic rings. The number of halogens is 2. The van der Waals surface area contributed by atoms with E-state index in [0.717, 1.165) is 9.13 Å². The van der Waals surface area contributed by atoms with Gasteiger partial charge in [0.2, 0.25) is 0 Å². The summed E-state index contributed by atoms with van der Waals surface area (Å²) >= 11 is 2.11. The lowest BCUT2D eigenvalue weighted by Gasteiger charge is -2.14. The Hall–Kier alpha value is -3.38. The smallest absolute Gasteiger partial charge is 0.266 e. The highest BCUT2D eigenvalue weighted by Gasteiger charge is 2.15. The molecular weight excluding hydrogens is 522 g/mol. The first-order valence-electron chi connectivity index (χ1n) is 9.65. The van der Waals surface area contributed by atoms with E-state index in [9.17, 15) is 14.4 Å². The maximum Gasteiger partial charge on any atom is 0.266 e. The highest BCUT2D eigenvalue weighted by molar-refractivity contribution is 14.1. The van der Waals surface area contributed by atoms with Gasteiger partial charge in [-0.3, -0.25) is 4.79 Å². The number of carbonyl (C=O) groups excluding carboxylic acids is 1. The molecule has 0 bridgehead atoms. The monoisotopic (exact) mass is 542 g/mol. The number of nitrogens with one attached hydrogen (secondary N) is 1. The van der Waals surface area contributed by atoms with Gasteiger partial charge in [-0.15, -0.1) is 0 Å². The number of rotatable bonds is 7. The molecular formula is C25H20FIN2O3. The van der Waals surface area contributed by atoms with Crippen molar-refractivity contribution in [1.29, 1.82) is 5.26 Å². The van der Waals surface area contributed by atoms with Gasteiger partial charge in [0.1, 0.15) is 24.1 Å². The fraction of sp³-hybridized carbons (Fsp3) is 0.120. The number of hydrogen-bond donors (Lipinski definition) is 1. The second-order valence-electron chi connectivity index (χ2n) is 6.91. The molecule has 0 aliphatic carbocycles. The van der Waals surface area contributed by atoms with Crippen LogP contribution in [0.2, 0.25) is 0 Å². The Morgan fingerprint density at radius 3 is 2.56 bits per heavy atom. The Balaban J connectivity index is 1.82. The summed E-state index contributed by atoms with van der Waals surface area (Å²) in [6.45, 7) is 2.39. The van der Waals surface area contributed by atoms with Crippen LogP contribution in [0.3, 0.4) is 0 Å². The predicted molar refractivity (Wildman–Crippen MR) is 130 cm³/mol. The molecule has 0 saturated carbocycles. The molecule has 0 radical (unpaired) electrons. The Labute approximate surface area is 199 Å². The van der Waals surface area contributed by atoms with Crippen molar-refractivity contribution in [3.8, 4) is 17.6 Å². The van der Waals surface area contributed by atoms with Gasteiger partial charge in [0.15, 0.2) is 11.5 Å². The minimum Gasteiger partial charge on any atom is -0.493 e. The first kappa shape index (κ1) is 23.3. The third kappa shape index (κ3) is 5.86. The molecule has 162 valence electrons. The molecule has 0 atom stereocenters. The molecule has 0 fully saturated rings. The van der Waals surface area contributed by atoms with E-state index in [4.69, 9.17) is 9.47 Å². The molecule has 5 nitrogen and oxygen atoms in total. The first-order valence-corrected chi connectivity index (χ1v) is 10.7. The van der Waals surface area contributed by atoms with E-state index >= 15 is 0 Å². The lowest BCUT2D eigenvalue weighted by molar-refractivity contribution is -0.112. The van der Waals surface area contributed by atoms with Crippen LogP contribution in [0, 0.1) is 27.6 Å². The molecule has 32 heavy (non-hydrogen) atoms. The number of amides is 1. The van der Waals surface area contributed by atoms with Crippen LogP contribution in [0.5, 0.6) is 11.5 Å². The summed E-state index contributed by atoms with van der Waals surface area (Å²) < 4.78 is 26.0. The fourth-order valence-corrected chi connectivity index (χ4v) is 3.65. The van der Waals surface area contributed by atoms with Crippen LogP contribution in [0.15, 0.2) is 66.2 Å². The lowest BCUT2D eigenvalue weighted by atomic mass is 10.1. The summed E-state index contributed by atoms with van der Waals surface area (Å²) in [5.41, 5.74) is 2.61. The summed E-state index contributed by atoms with van der Waals surface area (Å²) in [5.74, 6) is -0.238. The fourth-order valence-electron chi connectivity index (χ4n) is 2.87. The maximum absolute atomic E-state index is 13.8. The van der Waals surface area contributed by atoms with Crippen molar-refractivity contribution < 1.29 is 18.7 Å². The van der Waals surface area contributed by atoms with Crippen LogP contribution >= 0.6 is 22.6 Å². The SMILES string of the molecule is COc1cc(/C=C(/C#N)C(=O)Nc2ccccc2F)cc(I)c1OCc1ccc(C)cc1. The summed E-state index contributed by atoms with van der Waals surface area (Å²) in [5, 5.41) is 11.9. The van der Waals surface area contributed by atoms with Crippen molar-refractivity contribution >= 4 is 40.3 Å². The Morgan fingerprint density at radius 2 is 1.91 bits per heavy atom. The van der Waals surface area contributed by atoms with Gasteiger partial charge < -0.3 is 14.8 Å². The van der Waals surface area contributed by atoms with E-state index in [1.54, 1.807) is 18.2 Å². The molecule has 0 saturated heterocycles. The molecule has 3 rings (SSSR count). The van der Waals surface area contributed by atoms with Crippen LogP contribution in [-0.4, -0.2) is 13.0 Å². The number of ether oxygens (including phenoxy) is 2. The zero-order valence-corrected chi connectivity index (χ0v) is 19.6. The van der Waals surface area contributed by atoms with Gasteiger partial charge in [0, 0.05) is 0 Å². The van der Waals surface area contributed by atoms with E-state index in [2.05, 4.69) is 27.9 Å². The Morgan fingerprint density at radius 1 is 1.19 bits per heavy atom. The first-order chi connectivity index (χ1) is 15.4. The van der Waals surface area contributed by atoms with Crippen molar-refractivity contribution in [3.05, 3.63) is 92.3 Å². The third-order valence-electron chi connectivity index (χ3n) is 4.55. The number of benzene rings is 3. The highest BCUT2D eigenvalue weighted by atomic mass is 127. The summed E-state index contributed by atoms with van der Waals surface area (Å²) in [4.78, 5) is 12.5. The van der Waals surface area contributed by atoms with E-state index in [1.807, 2.05) is 37.3 Å². The second-order valence-corrected chi connectivity index (χ2v) is 8.07. The van der Waals surface area contributed by atoms with E-state index in [0.29, 0.717) is 23.7 Å². The molecule has 0 spiro atoms. The van der Waals surface area contributed by atoms with Gasteiger partial charge in [-0.2, -0.15) is 5.26 Å². The minimum absolute atomic E-state index is 0.00525. The molecule has 0 aliphatic heterocycles. The van der Waals surface area contributed by atoms with E-state index in [1.165, 1.54) is 36.9 Å². The Bertz CT molecular complexity index is 1200. The van der Waals surface area contributed by atoms with Gasteiger partial charge >= 0.3 is 0 Å². The van der Waals surface area contributed by atoms with Crippen molar-refractivity contribution in [2.75, 3.05) is 12.4 Å². The second kappa shape index (κ2) is 10.8. The molecule has 0 aromatic heterocycles. The third-order valence-corrected chi connectivity index (χ3v) is 5.35. The zero-order valence-electron chi connectivity index (χ0n) is 17.5. The maximum atomic E-state index is 13.8. The lowest BCUT2D eigenvalue weighted by Crippen LogP contribution is -2.14. The molecule has 1 N–H and O–H groups in total. The minimum atomic E-state index is -0.703. The Kier molecular flexibility index (Phi) is 7.84. The van der Waals surface area contributed by atoms with Crippen LogP contribution in [0.25, 0.3) is 6.08 Å². The highest BCUT2D eigenvalue weighted by Crippen LogP contribution is 2.35. The predicted octanol–water partition coefficient (Wildman–Crippen LogP) is 5.87. The van der Waals surface area contributed by atoms with Crippen molar-refractivity contribution in [2.45, 2.75) is 13.5 Å². The number of carbonyl (C=O) groups is 1. The quantitative estimate of drug-likeness (QED) is 0.230. The van der Waals surface area contributed by atoms with Gasteiger partial charge in [0.25, 0.3) is 5.91 Å². The normalized spacial score (nSPS) is 10.9. The number of nitrogens with zero attached hydrogens (tertiary/aromatic N) is 1. The molecule has 0 unspecified atom stereocenters. The summed E-state index contributed by atoms with van der Waals surface area (Å²) in [7, 11) is 1.52. The van der Waals surface area contributed by atoms with E-state index < -0.39 is 11.7 Å². The van der Waals surface area contributed by atoms with Crippen LogP contribution < -0.4 is 14.8 Å². The van der Waals surface area contributed by atoms with Gasteiger partial charge in [0.05, 0.1) is 16.4 Å². The average molecular weight is 542 g/mol. The number of methoxy groups -OCH3 is 1. The molecule has 3 aromatic rings. The topological polar surface area (TPSA) is 71.3 Å². The number of anilines is 1. The van der Waals surface area contributed by atoms with Crippen molar-refractivity contribution in [1.82, 2.24) is 0 Å². The zero-order chi connectivity index (χ0) is 23.1. The number of hydrogen-bond acceptors (Lipinski definition) is 4. The number of aryl methyl sites for hydroxylation is 1. The van der Waals surface area contributed by atoms with E-state index in [-0.39, 0.29) is 11.3 Å². The van der Waals surface area contributed by atoms with Gasteiger partial charge in [-0.05, 0) is 71.0 Å². The molecule has 0 heterocycles. The molecule has 7 heteroatoms. The largest absolute Gasteiger partial charge is 0.493 e.